The lowest BCUT2D eigenvalue weighted by Crippen LogP contribution is -2.37. The van der Waals surface area contributed by atoms with Crippen LogP contribution < -0.4 is 16.0 Å². The number of ether oxygens (including phenoxy) is 2. The molecular weight excluding hydrogens is 338 g/mol. The van der Waals surface area contributed by atoms with E-state index in [2.05, 4.69) is 16.0 Å². The minimum absolute atomic E-state index is 0.371. The van der Waals surface area contributed by atoms with Crippen molar-refractivity contribution in [1.29, 1.82) is 0 Å². The number of carbonyl (C=O) groups is 3. The monoisotopic (exact) mass is 363 g/mol. The lowest BCUT2D eigenvalue weighted by Gasteiger charge is -2.22. The Balaban J connectivity index is 2.23. The molecule has 1 unspecified atom stereocenters. The average molecular weight is 363 g/mol. The summed E-state index contributed by atoms with van der Waals surface area (Å²) in [5.41, 5.74) is -0.0319. The number of nitrogens with one attached hydrogen (secondary N) is 3. The molecule has 3 amide bonds. The van der Waals surface area contributed by atoms with Gasteiger partial charge in [-0.1, -0.05) is 6.07 Å². The molecule has 0 aliphatic carbocycles. The second-order valence-corrected chi connectivity index (χ2v) is 7.96. The molecule has 0 fully saturated rings. The molecule has 1 aromatic rings. The third kappa shape index (κ3) is 5.11. The van der Waals surface area contributed by atoms with Crippen molar-refractivity contribution < 1.29 is 23.9 Å². The molecule has 0 radical (unpaired) electrons. The third-order valence-electron chi connectivity index (χ3n) is 3.21. The number of hydrogen-bond donors (Lipinski definition) is 3. The van der Waals surface area contributed by atoms with Crippen LogP contribution in [0.5, 0.6) is 0 Å². The van der Waals surface area contributed by atoms with Gasteiger partial charge in [0, 0.05) is 11.3 Å². The molecule has 26 heavy (non-hydrogen) atoms. The second-order valence-electron chi connectivity index (χ2n) is 7.96. The molecule has 1 aliphatic rings. The van der Waals surface area contributed by atoms with Gasteiger partial charge in [0.25, 0.3) is 5.91 Å². The van der Waals surface area contributed by atoms with E-state index >= 15 is 0 Å². The molecule has 1 aromatic carbocycles. The van der Waals surface area contributed by atoms with Crippen LogP contribution in [0.4, 0.5) is 21.0 Å². The fourth-order valence-electron chi connectivity index (χ4n) is 2.41. The van der Waals surface area contributed by atoms with Gasteiger partial charge in [0.2, 0.25) is 0 Å². The normalized spacial score (nSPS) is 16.4. The van der Waals surface area contributed by atoms with Gasteiger partial charge in [0.15, 0.2) is 0 Å². The van der Waals surface area contributed by atoms with Crippen LogP contribution in [-0.4, -0.2) is 29.3 Å². The summed E-state index contributed by atoms with van der Waals surface area (Å²) in [6, 6.07) is 4.02. The van der Waals surface area contributed by atoms with E-state index in [9.17, 15) is 14.4 Å². The average Bonchev–Trinajstić information content (AvgIpc) is 2.71. The number of rotatable bonds is 2. The predicted molar refractivity (Wildman–Crippen MR) is 97.0 cm³/mol. The van der Waals surface area contributed by atoms with E-state index in [-0.39, 0.29) is 0 Å². The van der Waals surface area contributed by atoms with E-state index in [1.165, 1.54) is 0 Å². The van der Waals surface area contributed by atoms with Gasteiger partial charge in [0.1, 0.15) is 17.2 Å². The minimum Gasteiger partial charge on any atom is -0.444 e. The molecule has 142 valence electrons. The lowest BCUT2D eigenvalue weighted by atomic mass is 10.1. The smallest absolute Gasteiger partial charge is 0.412 e. The number of carbonyl (C=O) groups excluding carboxylic acids is 3. The number of hydrogen-bond acceptors (Lipinski definition) is 5. The SMILES string of the molecule is CC(C)(C)OC(=O)Nc1cccc2c1C(NC(=O)OC(C)(C)C)C(=O)N2. The zero-order valence-electron chi connectivity index (χ0n) is 15.9. The maximum absolute atomic E-state index is 12.3. The molecule has 1 aliphatic heterocycles. The van der Waals surface area contributed by atoms with Crippen molar-refractivity contribution in [1.82, 2.24) is 5.32 Å². The van der Waals surface area contributed by atoms with Gasteiger partial charge in [-0.15, -0.1) is 0 Å². The van der Waals surface area contributed by atoms with Gasteiger partial charge < -0.3 is 20.1 Å². The molecule has 3 N–H and O–H groups in total. The second kappa shape index (κ2) is 6.86. The zero-order chi connectivity index (χ0) is 19.7. The number of amides is 3. The van der Waals surface area contributed by atoms with E-state index < -0.39 is 35.3 Å². The number of alkyl carbamates (subject to hydrolysis) is 1. The Morgan fingerprint density at radius 1 is 1.00 bits per heavy atom. The van der Waals surface area contributed by atoms with Crippen LogP contribution in [0.25, 0.3) is 0 Å². The Morgan fingerprint density at radius 2 is 1.58 bits per heavy atom. The maximum atomic E-state index is 12.3. The van der Waals surface area contributed by atoms with Crippen LogP contribution in [0.15, 0.2) is 18.2 Å². The van der Waals surface area contributed by atoms with Crippen molar-refractivity contribution >= 4 is 29.5 Å². The van der Waals surface area contributed by atoms with Crippen LogP contribution in [0.1, 0.15) is 53.1 Å². The van der Waals surface area contributed by atoms with Gasteiger partial charge in [0.05, 0.1) is 5.69 Å². The number of fused-ring (bicyclic) bond motifs is 1. The first kappa shape index (κ1) is 19.6. The van der Waals surface area contributed by atoms with Crippen molar-refractivity contribution in [3.8, 4) is 0 Å². The van der Waals surface area contributed by atoms with Gasteiger partial charge in [-0.25, -0.2) is 9.59 Å². The summed E-state index contributed by atoms with van der Waals surface area (Å²) in [6.45, 7) is 10.4. The number of anilines is 2. The standard InChI is InChI=1S/C18H25N3O5/c1-17(2,3)25-15(23)20-11-9-7-8-10-12(11)13(14(22)19-10)21-16(24)26-18(4,5)6/h7-9,13H,1-6H3,(H,19,22)(H,20,23)(H,21,24). The van der Waals surface area contributed by atoms with Crippen LogP contribution in [0.2, 0.25) is 0 Å². The Kier molecular flexibility index (Phi) is 5.16. The lowest BCUT2D eigenvalue weighted by molar-refractivity contribution is -0.117. The molecule has 8 heteroatoms. The molecule has 0 aromatic heterocycles. The third-order valence-corrected chi connectivity index (χ3v) is 3.21. The van der Waals surface area contributed by atoms with Crippen molar-refractivity contribution in [2.24, 2.45) is 0 Å². The summed E-state index contributed by atoms with van der Waals surface area (Å²) in [5.74, 6) is -0.413. The Labute approximate surface area is 152 Å². The fraction of sp³-hybridized carbons (Fsp3) is 0.500. The summed E-state index contributed by atoms with van der Waals surface area (Å²) in [5, 5.41) is 7.84. The molecule has 0 saturated heterocycles. The van der Waals surface area contributed by atoms with Gasteiger partial charge in [-0.05, 0) is 53.7 Å². The first-order chi connectivity index (χ1) is 11.9. The van der Waals surface area contributed by atoms with Crippen LogP contribution in [0, 0.1) is 0 Å². The Hall–Kier alpha value is -2.77. The number of benzene rings is 1. The van der Waals surface area contributed by atoms with Gasteiger partial charge >= 0.3 is 12.2 Å². The molecule has 0 spiro atoms. The Bertz CT molecular complexity index is 731. The molecule has 0 bridgehead atoms. The van der Waals surface area contributed by atoms with Crippen molar-refractivity contribution in [2.75, 3.05) is 10.6 Å². The highest BCUT2D eigenvalue weighted by atomic mass is 16.6. The summed E-state index contributed by atoms with van der Waals surface area (Å²) >= 11 is 0. The topological polar surface area (TPSA) is 106 Å². The molecule has 2 rings (SSSR count). The van der Waals surface area contributed by atoms with E-state index in [0.717, 1.165) is 0 Å². The first-order valence-electron chi connectivity index (χ1n) is 8.29. The Morgan fingerprint density at radius 3 is 2.15 bits per heavy atom. The minimum atomic E-state index is -0.981. The quantitative estimate of drug-likeness (QED) is 0.745. The first-order valence-corrected chi connectivity index (χ1v) is 8.29. The molecular formula is C18H25N3O5. The van der Waals surface area contributed by atoms with Crippen LogP contribution in [0.3, 0.4) is 0 Å². The molecule has 0 saturated carbocycles. The highest BCUT2D eigenvalue weighted by molar-refractivity contribution is 6.07. The van der Waals surface area contributed by atoms with Crippen molar-refractivity contribution in [3.63, 3.8) is 0 Å². The van der Waals surface area contributed by atoms with Gasteiger partial charge in [-0.3, -0.25) is 10.1 Å². The molecule has 8 nitrogen and oxygen atoms in total. The molecule has 1 atom stereocenters. The van der Waals surface area contributed by atoms with Gasteiger partial charge in [-0.2, -0.15) is 0 Å². The van der Waals surface area contributed by atoms with Crippen molar-refractivity contribution in [3.05, 3.63) is 23.8 Å². The predicted octanol–water partition coefficient (Wildman–Crippen LogP) is 3.55. The van der Waals surface area contributed by atoms with E-state index in [1.807, 2.05) is 0 Å². The fourth-order valence-corrected chi connectivity index (χ4v) is 2.41. The molecule has 1 heterocycles. The zero-order valence-corrected chi connectivity index (χ0v) is 15.9. The highest BCUT2D eigenvalue weighted by Crippen LogP contribution is 2.37. The largest absolute Gasteiger partial charge is 0.444 e. The highest BCUT2D eigenvalue weighted by Gasteiger charge is 2.36. The van der Waals surface area contributed by atoms with E-state index in [4.69, 9.17) is 9.47 Å². The van der Waals surface area contributed by atoms with E-state index in [1.54, 1.807) is 59.7 Å². The summed E-state index contributed by atoms with van der Waals surface area (Å²) < 4.78 is 10.5. The van der Waals surface area contributed by atoms with Crippen LogP contribution in [-0.2, 0) is 14.3 Å². The van der Waals surface area contributed by atoms with E-state index in [0.29, 0.717) is 16.9 Å². The van der Waals surface area contributed by atoms with Crippen LogP contribution >= 0.6 is 0 Å². The summed E-state index contributed by atoms with van der Waals surface area (Å²) in [4.78, 5) is 36.4. The summed E-state index contributed by atoms with van der Waals surface area (Å²) in [6.07, 6.45) is -1.38. The van der Waals surface area contributed by atoms with Crippen molar-refractivity contribution in [2.45, 2.75) is 58.8 Å². The summed E-state index contributed by atoms with van der Waals surface area (Å²) in [7, 11) is 0. The maximum Gasteiger partial charge on any atom is 0.412 e.